The number of nitrogens with one attached hydrogen (secondary N) is 1. The third-order valence-electron chi connectivity index (χ3n) is 14.6. The molecule has 0 aliphatic heterocycles. The molecule has 4 fully saturated rings. The normalized spacial score (nSPS) is 45.0. The van der Waals surface area contributed by atoms with Crippen molar-refractivity contribution in [1.82, 2.24) is 5.32 Å². The van der Waals surface area contributed by atoms with Gasteiger partial charge in [-0.1, -0.05) is 47.1 Å². The van der Waals surface area contributed by atoms with Gasteiger partial charge in [0.05, 0.1) is 5.41 Å². The number of hydrogen-bond acceptors (Lipinski definition) is 3. The Morgan fingerprint density at radius 3 is 2.33 bits per heavy atom. The van der Waals surface area contributed by atoms with E-state index in [9.17, 15) is 19.5 Å². The third kappa shape index (κ3) is 4.16. The Labute approximate surface area is 258 Å². The van der Waals surface area contributed by atoms with Gasteiger partial charge in [0.2, 0.25) is 0 Å². The number of aryl methyl sites for hydroxylation is 1. The number of hydrogen-bond donors (Lipinski definition) is 2. The van der Waals surface area contributed by atoms with Crippen LogP contribution in [0.5, 0.6) is 0 Å². The van der Waals surface area contributed by atoms with Crippen LogP contribution in [0, 0.1) is 50.2 Å². The van der Waals surface area contributed by atoms with E-state index in [0.717, 1.165) is 44.9 Å². The first-order chi connectivity index (χ1) is 19.9. The summed E-state index contributed by atoms with van der Waals surface area (Å²) in [6.07, 6.45) is 14.0. The van der Waals surface area contributed by atoms with E-state index in [0.29, 0.717) is 24.3 Å². The maximum atomic E-state index is 14.6. The van der Waals surface area contributed by atoms with Crippen LogP contribution in [0.3, 0.4) is 0 Å². The number of fused-ring (bicyclic) bond motifs is 7. The highest BCUT2D eigenvalue weighted by atomic mass is 16.4. The van der Waals surface area contributed by atoms with Crippen LogP contribution in [0.15, 0.2) is 36.2 Å². The Kier molecular flexibility index (Phi) is 6.74. The fraction of sp³-hybridized carbons (Fsp3) is 0.730. The standard InChI is InChI=1S/C37H52N2O4/c1-32(2)27-11-14-37(7)29(35(27,5)13-12-28(32)38-30(41)23-10-9-19-39(8)22-23)26(40)20-24-25-21-34(4,31(42)43)16-15-33(25,3)17-18-36(24,37)6/h9-10,19-20,22,25,27-29H,11-18,21H2,1-8H3,(H-,38,41,42,43)/p+1/t25-,27-,28-,29+,33+,34-,35-,36+,37+/m0/s1. The predicted molar refractivity (Wildman–Crippen MR) is 166 cm³/mol. The van der Waals surface area contributed by atoms with E-state index in [1.165, 1.54) is 5.57 Å². The van der Waals surface area contributed by atoms with Gasteiger partial charge in [-0.3, -0.25) is 14.4 Å². The quantitative estimate of drug-likeness (QED) is 0.385. The molecule has 6 nitrogen and oxygen atoms in total. The molecule has 9 atom stereocenters. The van der Waals surface area contributed by atoms with Crippen molar-refractivity contribution in [3.8, 4) is 0 Å². The van der Waals surface area contributed by atoms with Crippen LogP contribution in [0.25, 0.3) is 0 Å². The third-order valence-corrected chi connectivity index (χ3v) is 14.6. The van der Waals surface area contributed by atoms with Crippen molar-refractivity contribution in [2.45, 2.75) is 112 Å². The monoisotopic (exact) mass is 589 g/mol. The summed E-state index contributed by atoms with van der Waals surface area (Å²) in [4.78, 5) is 40.3. The van der Waals surface area contributed by atoms with Crippen molar-refractivity contribution in [1.29, 1.82) is 0 Å². The number of allylic oxidation sites excluding steroid dienone is 2. The van der Waals surface area contributed by atoms with Gasteiger partial charge in [0.25, 0.3) is 5.91 Å². The van der Waals surface area contributed by atoms with Crippen LogP contribution in [0.1, 0.15) is 117 Å². The predicted octanol–water partition coefficient (Wildman–Crippen LogP) is 6.67. The van der Waals surface area contributed by atoms with Gasteiger partial charge < -0.3 is 10.4 Å². The minimum Gasteiger partial charge on any atom is -0.481 e. The Balaban J connectivity index is 1.34. The zero-order chi connectivity index (χ0) is 31.4. The summed E-state index contributed by atoms with van der Waals surface area (Å²) in [6, 6.07) is 3.81. The molecular weight excluding hydrogens is 536 g/mol. The zero-order valence-corrected chi connectivity index (χ0v) is 27.7. The van der Waals surface area contributed by atoms with Gasteiger partial charge in [-0.15, -0.1) is 0 Å². The maximum Gasteiger partial charge on any atom is 0.309 e. The lowest BCUT2D eigenvalue weighted by Gasteiger charge is -2.70. The number of carbonyl (C=O) groups is 3. The summed E-state index contributed by atoms with van der Waals surface area (Å²) < 4.78 is 1.90. The molecule has 2 N–H and O–H groups in total. The number of aliphatic carboxylic acids is 1. The molecule has 1 aromatic heterocycles. The average Bonchev–Trinajstić information content (AvgIpc) is 2.92. The summed E-state index contributed by atoms with van der Waals surface area (Å²) in [7, 11) is 1.93. The fourth-order valence-electron chi connectivity index (χ4n) is 11.6. The number of nitrogens with zero attached hydrogens (tertiary/aromatic N) is 1. The van der Waals surface area contributed by atoms with E-state index in [1.807, 2.05) is 49.1 Å². The van der Waals surface area contributed by atoms with E-state index in [4.69, 9.17) is 0 Å². The summed E-state index contributed by atoms with van der Waals surface area (Å²) in [5.41, 5.74) is 0.615. The number of carbonyl (C=O) groups excluding carboxylic acids is 2. The first-order valence-corrected chi connectivity index (χ1v) is 16.7. The fourth-order valence-corrected chi connectivity index (χ4v) is 11.6. The molecule has 0 bridgehead atoms. The van der Waals surface area contributed by atoms with Crippen LogP contribution >= 0.6 is 0 Å². The lowest BCUT2D eigenvalue weighted by atomic mass is 9.33. The molecule has 5 aliphatic carbocycles. The molecule has 1 heterocycles. The minimum absolute atomic E-state index is 0.0292. The van der Waals surface area contributed by atoms with Crippen molar-refractivity contribution in [3.05, 3.63) is 41.7 Å². The molecule has 6 heteroatoms. The highest BCUT2D eigenvalue weighted by Crippen LogP contribution is 2.75. The number of carboxylic acid groups (broad SMARTS) is 1. The van der Waals surface area contributed by atoms with Gasteiger partial charge in [-0.25, -0.2) is 4.57 Å². The Morgan fingerprint density at radius 2 is 1.65 bits per heavy atom. The van der Waals surface area contributed by atoms with E-state index in [-0.39, 0.29) is 56.6 Å². The van der Waals surface area contributed by atoms with Crippen LogP contribution in [-0.4, -0.2) is 28.8 Å². The van der Waals surface area contributed by atoms with Crippen LogP contribution in [0.2, 0.25) is 0 Å². The van der Waals surface area contributed by atoms with E-state index < -0.39 is 11.4 Å². The highest BCUT2D eigenvalue weighted by molar-refractivity contribution is 5.96. The summed E-state index contributed by atoms with van der Waals surface area (Å²) in [5.74, 6) is -0.0901. The topological polar surface area (TPSA) is 87.4 Å². The molecule has 1 amide bonds. The minimum atomic E-state index is -0.738. The molecular formula is C37H53N2O4+. The molecule has 0 spiro atoms. The second-order valence-electron chi connectivity index (χ2n) is 17.2. The molecule has 0 aromatic carbocycles. The molecule has 234 valence electrons. The number of ketones is 1. The van der Waals surface area contributed by atoms with Crippen molar-refractivity contribution >= 4 is 17.7 Å². The Morgan fingerprint density at radius 1 is 0.953 bits per heavy atom. The number of rotatable bonds is 3. The zero-order valence-electron chi connectivity index (χ0n) is 27.7. The average molecular weight is 590 g/mol. The van der Waals surface area contributed by atoms with Gasteiger partial charge in [-0.05, 0) is 116 Å². The van der Waals surface area contributed by atoms with Crippen molar-refractivity contribution in [3.63, 3.8) is 0 Å². The molecule has 6 rings (SSSR count). The maximum absolute atomic E-state index is 14.6. The van der Waals surface area contributed by atoms with Crippen LogP contribution in [0.4, 0.5) is 0 Å². The summed E-state index contributed by atoms with van der Waals surface area (Å²) >= 11 is 0. The molecule has 0 radical (unpaired) electrons. The van der Waals surface area contributed by atoms with Gasteiger partial charge in [0, 0.05) is 18.0 Å². The van der Waals surface area contributed by atoms with Gasteiger partial charge in [0.15, 0.2) is 18.2 Å². The van der Waals surface area contributed by atoms with Gasteiger partial charge in [-0.2, -0.15) is 0 Å². The lowest BCUT2D eigenvalue weighted by Crippen LogP contribution is -2.67. The molecule has 0 unspecified atom stereocenters. The number of carboxylic acids is 1. The SMILES string of the molecule is C[n+]1cccc(C(=O)N[C@H]2CC[C@]3(C)[C@H]4C(=O)C=C5[C@@H]6C[C@@](C)(C(=O)O)CC[C@]6(C)CC[C@@]5(C)[C@]4(C)CC[C@H]3C2(C)C)c1. The first-order valence-electron chi connectivity index (χ1n) is 16.7. The van der Waals surface area contributed by atoms with Crippen LogP contribution < -0.4 is 9.88 Å². The highest BCUT2D eigenvalue weighted by Gasteiger charge is 2.70. The van der Waals surface area contributed by atoms with Crippen molar-refractivity contribution < 1.29 is 24.1 Å². The van der Waals surface area contributed by atoms with Gasteiger partial charge in [0.1, 0.15) is 12.6 Å². The molecule has 43 heavy (non-hydrogen) atoms. The number of amides is 1. The van der Waals surface area contributed by atoms with Crippen molar-refractivity contribution in [2.75, 3.05) is 0 Å². The molecule has 5 aliphatic rings. The number of pyridine rings is 1. The molecule has 0 saturated heterocycles. The van der Waals surface area contributed by atoms with Gasteiger partial charge >= 0.3 is 5.97 Å². The first kappa shape index (κ1) is 30.5. The Hall–Kier alpha value is -2.50. The van der Waals surface area contributed by atoms with E-state index in [2.05, 4.69) is 46.9 Å². The summed E-state index contributed by atoms with van der Waals surface area (Å²) in [6.45, 7) is 16.1. The largest absolute Gasteiger partial charge is 0.481 e. The molecule has 4 saturated carbocycles. The second kappa shape index (κ2) is 9.50. The molecule has 1 aromatic rings. The Bertz CT molecular complexity index is 1410. The van der Waals surface area contributed by atoms with Crippen molar-refractivity contribution in [2.24, 2.45) is 57.3 Å². The van der Waals surface area contributed by atoms with Crippen LogP contribution in [-0.2, 0) is 16.6 Å². The summed E-state index contributed by atoms with van der Waals surface area (Å²) in [5, 5.41) is 13.6. The van der Waals surface area contributed by atoms with E-state index in [1.54, 1.807) is 0 Å². The second-order valence-corrected chi connectivity index (χ2v) is 17.2. The van der Waals surface area contributed by atoms with E-state index >= 15 is 0 Å². The smallest absolute Gasteiger partial charge is 0.309 e. The lowest BCUT2D eigenvalue weighted by molar-refractivity contribution is -0.671. The number of aromatic nitrogens is 1.